The van der Waals surface area contributed by atoms with Gasteiger partial charge in [-0.15, -0.1) is 0 Å². The Kier molecular flexibility index (Phi) is 4.92. The summed E-state index contributed by atoms with van der Waals surface area (Å²) in [4.78, 5) is 27.2. The molecular weight excluding hydrogens is 371 g/mol. The molecule has 0 amide bonds. The van der Waals surface area contributed by atoms with Crippen molar-refractivity contribution in [2.45, 2.75) is 18.0 Å². The average molecular weight is 384 g/mol. The monoisotopic (exact) mass is 384 g/mol. The van der Waals surface area contributed by atoms with Crippen molar-refractivity contribution in [3.8, 4) is 6.07 Å². The Morgan fingerprint density at radius 1 is 1.07 bits per heavy atom. The van der Waals surface area contributed by atoms with E-state index < -0.39 is 23.8 Å². The number of benzene rings is 2. The summed E-state index contributed by atoms with van der Waals surface area (Å²) in [6.07, 6.45) is -4.66. The second-order valence-corrected chi connectivity index (χ2v) is 6.17. The van der Waals surface area contributed by atoms with Gasteiger partial charge in [0.25, 0.3) is 5.69 Å². The zero-order valence-corrected chi connectivity index (χ0v) is 14.3. The van der Waals surface area contributed by atoms with Crippen LogP contribution in [0.5, 0.6) is 0 Å². The molecular formula is C20H13F3N3O2+. The van der Waals surface area contributed by atoms with E-state index in [1.165, 1.54) is 66.9 Å². The van der Waals surface area contributed by atoms with Gasteiger partial charge < -0.3 is 0 Å². The number of carbonyl (C=O) groups is 1. The van der Waals surface area contributed by atoms with Crippen LogP contribution in [0.1, 0.15) is 22.3 Å². The van der Waals surface area contributed by atoms with Crippen molar-refractivity contribution in [1.29, 1.82) is 5.26 Å². The normalized spacial score (nSPS) is 13.5. The fraction of sp³-hybridized carbons (Fsp3) is 0.150. The lowest BCUT2D eigenvalue weighted by molar-refractivity contribution is -0.379. The van der Waals surface area contributed by atoms with Crippen LogP contribution in [0, 0.1) is 16.2 Å². The van der Waals surface area contributed by atoms with Gasteiger partial charge in [-0.3, -0.25) is 9.78 Å². The van der Waals surface area contributed by atoms with E-state index in [1.54, 1.807) is 5.18 Å². The number of alkyl halides is 3. The van der Waals surface area contributed by atoms with Crippen LogP contribution >= 0.6 is 0 Å². The highest BCUT2D eigenvalue weighted by Crippen LogP contribution is 2.46. The summed E-state index contributed by atoms with van der Waals surface area (Å²) in [5.41, 5.74) is -2.93. The maximum Gasteiger partial charge on any atom is 0.411 e. The number of rotatable bonds is 5. The highest BCUT2D eigenvalue weighted by atomic mass is 19.4. The van der Waals surface area contributed by atoms with E-state index in [2.05, 4.69) is 4.98 Å². The second-order valence-electron chi connectivity index (χ2n) is 6.17. The highest BCUT2D eigenvalue weighted by molar-refractivity contribution is 5.98. The number of nitroso groups, excluding NO2 is 1. The minimum absolute atomic E-state index is 0.0266. The van der Waals surface area contributed by atoms with Crippen LogP contribution in [0.25, 0.3) is 10.9 Å². The third kappa shape index (κ3) is 3.22. The van der Waals surface area contributed by atoms with Crippen LogP contribution in [0.2, 0.25) is 0 Å². The van der Waals surface area contributed by atoms with Gasteiger partial charge in [0.05, 0.1) is 11.6 Å². The molecule has 28 heavy (non-hydrogen) atoms. The topological polar surface area (TPSA) is 84.8 Å². The first-order valence-electron chi connectivity index (χ1n) is 8.16. The van der Waals surface area contributed by atoms with Gasteiger partial charge in [0, 0.05) is 45.8 Å². The number of nitrogens with zero attached hydrogens (tertiary/aromatic N) is 2. The van der Waals surface area contributed by atoms with Gasteiger partial charge >= 0.3 is 6.18 Å². The van der Waals surface area contributed by atoms with E-state index in [0.29, 0.717) is 5.52 Å². The van der Waals surface area contributed by atoms with Crippen molar-refractivity contribution in [2.75, 3.05) is 0 Å². The summed E-state index contributed by atoms with van der Waals surface area (Å²) >= 11 is 0. The number of hydrogen-bond donors (Lipinski definition) is 1. The van der Waals surface area contributed by atoms with Crippen LogP contribution in [-0.4, -0.2) is 16.9 Å². The smallest absolute Gasteiger partial charge is 0.294 e. The first-order valence-corrected chi connectivity index (χ1v) is 8.16. The quantitative estimate of drug-likeness (QED) is 0.684. The number of ketones is 1. The van der Waals surface area contributed by atoms with Gasteiger partial charge in [-0.2, -0.15) is 18.4 Å². The molecule has 0 fully saturated rings. The maximum atomic E-state index is 14.1. The SMILES string of the molecule is N#CC(CC(=O)c1ccc([NH+]=O)cc1)(c1cccc2ncccc12)C(F)(F)F. The fourth-order valence-electron chi connectivity index (χ4n) is 3.05. The Balaban J connectivity index is 2.14. The molecule has 0 aliphatic carbocycles. The molecule has 0 spiro atoms. The zero-order valence-electron chi connectivity index (χ0n) is 14.3. The molecule has 1 heterocycles. The molecule has 1 atom stereocenters. The third-order valence-electron chi connectivity index (χ3n) is 4.53. The molecule has 0 aliphatic heterocycles. The average Bonchev–Trinajstić information content (AvgIpc) is 2.70. The van der Waals surface area contributed by atoms with E-state index in [-0.39, 0.29) is 22.2 Å². The standard InChI is InChI=1S/C20H12F3N3O2/c21-20(22,23)19(12-24,11-18(27)13-6-8-14(26-28)9-7-13)16-4-1-5-17-15(16)3-2-10-25-17/h1-10H,11H2/p+1. The highest BCUT2D eigenvalue weighted by Gasteiger charge is 2.58. The van der Waals surface area contributed by atoms with Crippen molar-refractivity contribution < 1.29 is 23.1 Å². The van der Waals surface area contributed by atoms with E-state index in [4.69, 9.17) is 0 Å². The Morgan fingerprint density at radius 3 is 2.39 bits per heavy atom. The lowest BCUT2D eigenvalue weighted by atomic mass is 9.74. The summed E-state index contributed by atoms with van der Waals surface area (Å²) in [6.45, 7) is 0. The van der Waals surface area contributed by atoms with Crippen LogP contribution in [0.15, 0.2) is 60.8 Å². The Hall–Kier alpha value is -3.60. The van der Waals surface area contributed by atoms with Crippen LogP contribution in [0.4, 0.5) is 18.9 Å². The Morgan fingerprint density at radius 2 is 1.79 bits per heavy atom. The molecule has 3 rings (SSSR count). The van der Waals surface area contributed by atoms with E-state index in [1.807, 2.05) is 0 Å². The largest absolute Gasteiger partial charge is 0.411 e. The predicted octanol–water partition coefficient (Wildman–Crippen LogP) is 3.31. The van der Waals surface area contributed by atoms with Crippen LogP contribution in [-0.2, 0) is 5.41 Å². The van der Waals surface area contributed by atoms with Gasteiger partial charge in [-0.1, -0.05) is 18.2 Å². The first kappa shape index (κ1) is 19.2. The first-order chi connectivity index (χ1) is 13.3. The number of aromatic nitrogens is 1. The van der Waals surface area contributed by atoms with Crippen molar-refractivity contribution >= 4 is 22.4 Å². The van der Waals surface area contributed by atoms with Crippen LogP contribution < -0.4 is 5.18 Å². The number of nitriles is 1. The lowest BCUT2D eigenvalue weighted by Gasteiger charge is -2.30. The molecule has 2 aromatic carbocycles. The fourth-order valence-corrected chi connectivity index (χ4v) is 3.05. The van der Waals surface area contributed by atoms with E-state index >= 15 is 0 Å². The maximum absolute atomic E-state index is 14.1. The second kappa shape index (κ2) is 7.19. The van der Waals surface area contributed by atoms with E-state index in [0.717, 1.165) is 0 Å². The van der Waals surface area contributed by atoms with Gasteiger partial charge in [0.15, 0.2) is 11.2 Å². The summed E-state index contributed by atoms with van der Waals surface area (Å²) < 4.78 is 42.4. The van der Waals surface area contributed by atoms with Gasteiger partial charge in [0.1, 0.15) is 0 Å². The molecule has 0 saturated heterocycles. The van der Waals surface area contributed by atoms with Crippen molar-refractivity contribution in [3.05, 3.63) is 76.8 Å². The molecule has 8 heteroatoms. The summed E-state index contributed by atoms with van der Waals surface area (Å²) in [5.74, 6) is -0.864. The van der Waals surface area contributed by atoms with Crippen LogP contribution in [0.3, 0.4) is 0 Å². The zero-order chi connectivity index (χ0) is 20.4. The summed E-state index contributed by atoms with van der Waals surface area (Å²) in [6, 6.07) is 13.4. The molecule has 3 aromatic rings. The Bertz CT molecular complexity index is 1080. The van der Waals surface area contributed by atoms with Gasteiger partial charge in [0.2, 0.25) is 0 Å². The molecule has 0 saturated carbocycles. The number of pyridine rings is 1. The minimum atomic E-state index is -5.00. The molecule has 0 radical (unpaired) electrons. The number of Topliss-reactive ketones (excluding diaryl/α,β-unsaturated/α-hetero) is 1. The molecule has 140 valence electrons. The Labute approximate surface area is 157 Å². The number of carbonyl (C=O) groups excluding carboxylic acids is 1. The molecule has 5 nitrogen and oxygen atoms in total. The number of halogens is 3. The molecule has 1 aromatic heterocycles. The third-order valence-corrected chi connectivity index (χ3v) is 4.53. The number of fused-ring (bicyclic) bond motifs is 1. The van der Waals surface area contributed by atoms with E-state index in [9.17, 15) is 28.1 Å². The molecule has 1 unspecified atom stereocenters. The van der Waals surface area contributed by atoms with Gasteiger partial charge in [-0.05, 0) is 29.8 Å². The molecule has 0 aliphatic rings. The van der Waals surface area contributed by atoms with Crippen molar-refractivity contribution in [3.63, 3.8) is 0 Å². The number of hydrogen-bond acceptors (Lipinski definition) is 4. The molecule has 0 bridgehead atoms. The number of nitrogens with one attached hydrogen (secondary N) is 1. The van der Waals surface area contributed by atoms with Crippen molar-refractivity contribution in [2.24, 2.45) is 0 Å². The van der Waals surface area contributed by atoms with Crippen molar-refractivity contribution in [1.82, 2.24) is 4.98 Å². The van der Waals surface area contributed by atoms with Gasteiger partial charge in [-0.25, -0.2) is 0 Å². The lowest BCUT2D eigenvalue weighted by Crippen LogP contribution is -2.55. The summed E-state index contributed by atoms with van der Waals surface area (Å²) in [7, 11) is 0. The minimum Gasteiger partial charge on any atom is -0.294 e. The summed E-state index contributed by atoms with van der Waals surface area (Å²) in [5, 5.41) is 11.4. The molecule has 1 N–H and O–H groups in total. The predicted molar refractivity (Wildman–Crippen MR) is 94.5 cm³/mol.